The van der Waals surface area contributed by atoms with Gasteiger partial charge in [0.25, 0.3) is 5.91 Å². The van der Waals surface area contributed by atoms with Gasteiger partial charge in [-0.2, -0.15) is 26.3 Å². The van der Waals surface area contributed by atoms with Crippen molar-refractivity contribution < 1.29 is 41.0 Å². The van der Waals surface area contributed by atoms with Gasteiger partial charge < -0.3 is 15.3 Å². The summed E-state index contributed by atoms with van der Waals surface area (Å²) in [6.07, 6.45) is -8.15. The lowest BCUT2D eigenvalue weighted by Crippen LogP contribution is -2.46. The molecule has 1 saturated heterocycles. The van der Waals surface area contributed by atoms with Crippen LogP contribution in [0.5, 0.6) is 0 Å². The fraction of sp³-hybridized carbons (Fsp3) is 0.286. The zero-order valence-corrected chi connectivity index (χ0v) is 20.4. The lowest BCUT2D eigenvalue weighted by Gasteiger charge is -2.29. The number of aliphatic hydroxyl groups is 1. The van der Waals surface area contributed by atoms with Crippen LogP contribution in [0.1, 0.15) is 45.9 Å². The molecule has 0 aliphatic carbocycles. The molecule has 1 heterocycles. The first-order valence-corrected chi connectivity index (χ1v) is 12.1. The second-order valence-electron chi connectivity index (χ2n) is 9.16. The molecule has 1 aliphatic rings. The zero-order chi connectivity index (χ0) is 28.4. The van der Waals surface area contributed by atoms with Crippen LogP contribution in [0, 0.1) is 0 Å². The van der Waals surface area contributed by atoms with E-state index in [1.807, 2.05) is 0 Å². The van der Waals surface area contributed by atoms with Gasteiger partial charge in [0.15, 0.2) is 0 Å². The van der Waals surface area contributed by atoms with Crippen LogP contribution in [0.2, 0.25) is 0 Å². The number of hydrogen-bond acceptors (Lipinski definition) is 3. The number of aliphatic hydroxyl groups excluding tert-OH is 1. The molecule has 2 amide bonds. The summed E-state index contributed by atoms with van der Waals surface area (Å²) in [6, 6.07) is 12.2. The van der Waals surface area contributed by atoms with Gasteiger partial charge in [0.2, 0.25) is 5.91 Å². The van der Waals surface area contributed by atoms with Gasteiger partial charge in [-0.05, 0) is 59.9 Å². The van der Waals surface area contributed by atoms with Crippen molar-refractivity contribution >= 4 is 11.8 Å². The van der Waals surface area contributed by atoms with Gasteiger partial charge in [-0.15, -0.1) is 0 Å². The molecule has 3 aromatic rings. The smallest absolute Gasteiger partial charge is 0.394 e. The summed E-state index contributed by atoms with van der Waals surface area (Å²) in [5.41, 5.74) is -1.38. The molecule has 0 bridgehead atoms. The molecule has 206 valence electrons. The monoisotopic (exact) mass is 550 g/mol. The van der Waals surface area contributed by atoms with Crippen molar-refractivity contribution in [1.29, 1.82) is 0 Å². The Morgan fingerprint density at radius 1 is 0.897 bits per heavy atom. The number of carbonyl (C=O) groups excluding carboxylic acids is 2. The average Bonchev–Trinajstić information content (AvgIpc) is 3.39. The van der Waals surface area contributed by atoms with Crippen molar-refractivity contribution in [2.75, 3.05) is 13.2 Å². The van der Waals surface area contributed by atoms with E-state index in [1.54, 1.807) is 6.07 Å². The Morgan fingerprint density at radius 2 is 1.56 bits per heavy atom. The standard InChI is InChI=1S/C28H24F6N2O3/c29-27(30,31)19-12-10-17(11-13-19)22-8-1-2-9-23(22)25(38)35-24(26(39)36-14-4-7-21(36)16-37)18-5-3-6-20(15-18)28(32,33)34/h1-3,5-6,8-13,15,21,24,37H,4,7,14,16H2,(H,35,38)/t21-,24?/m1/s1. The fourth-order valence-corrected chi connectivity index (χ4v) is 4.64. The minimum absolute atomic E-state index is 0.0159. The van der Waals surface area contributed by atoms with Gasteiger partial charge in [0.05, 0.1) is 23.8 Å². The van der Waals surface area contributed by atoms with E-state index < -0.39 is 47.4 Å². The van der Waals surface area contributed by atoms with Crippen molar-refractivity contribution in [3.05, 3.63) is 95.1 Å². The molecule has 4 rings (SSSR count). The maximum Gasteiger partial charge on any atom is 0.416 e. The largest absolute Gasteiger partial charge is 0.416 e. The molecule has 2 atom stereocenters. The van der Waals surface area contributed by atoms with Gasteiger partial charge in [0, 0.05) is 12.1 Å². The summed E-state index contributed by atoms with van der Waals surface area (Å²) in [4.78, 5) is 28.3. The van der Waals surface area contributed by atoms with E-state index in [9.17, 15) is 41.0 Å². The van der Waals surface area contributed by atoms with Crippen LogP contribution < -0.4 is 5.32 Å². The maximum atomic E-state index is 13.5. The molecular formula is C28H24F6N2O3. The average molecular weight is 550 g/mol. The highest BCUT2D eigenvalue weighted by Crippen LogP contribution is 2.34. The van der Waals surface area contributed by atoms with Crippen molar-refractivity contribution in [2.45, 2.75) is 37.3 Å². The predicted octanol–water partition coefficient (Wildman–Crippen LogP) is 5.85. The minimum atomic E-state index is -4.69. The summed E-state index contributed by atoms with van der Waals surface area (Å²) in [5, 5.41) is 12.2. The Hall–Kier alpha value is -3.86. The van der Waals surface area contributed by atoms with Gasteiger partial charge in [0.1, 0.15) is 6.04 Å². The normalized spacial score (nSPS) is 16.7. The third-order valence-corrected chi connectivity index (χ3v) is 6.64. The lowest BCUT2D eigenvalue weighted by atomic mass is 9.97. The number of alkyl halides is 6. The van der Waals surface area contributed by atoms with Crippen LogP contribution >= 0.6 is 0 Å². The van der Waals surface area contributed by atoms with Gasteiger partial charge in [-0.1, -0.05) is 42.5 Å². The molecule has 1 aliphatic heterocycles. The first-order valence-electron chi connectivity index (χ1n) is 12.1. The van der Waals surface area contributed by atoms with Crippen molar-refractivity contribution in [3.8, 4) is 11.1 Å². The van der Waals surface area contributed by atoms with Gasteiger partial charge >= 0.3 is 12.4 Å². The molecule has 1 unspecified atom stereocenters. The molecule has 0 saturated carbocycles. The summed E-state index contributed by atoms with van der Waals surface area (Å²) in [5.74, 6) is -1.48. The quantitative estimate of drug-likeness (QED) is 0.379. The molecule has 2 N–H and O–H groups in total. The summed E-state index contributed by atoms with van der Waals surface area (Å²) in [7, 11) is 0. The van der Waals surface area contributed by atoms with Crippen molar-refractivity contribution in [3.63, 3.8) is 0 Å². The molecule has 5 nitrogen and oxygen atoms in total. The molecule has 3 aromatic carbocycles. The maximum absolute atomic E-state index is 13.5. The van der Waals surface area contributed by atoms with Crippen molar-refractivity contribution in [2.24, 2.45) is 0 Å². The highest BCUT2D eigenvalue weighted by Gasteiger charge is 2.37. The number of carbonyl (C=O) groups is 2. The second-order valence-corrected chi connectivity index (χ2v) is 9.16. The Morgan fingerprint density at radius 3 is 2.21 bits per heavy atom. The molecule has 11 heteroatoms. The van der Waals surface area contributed by atoms with Crippen LogP contribution in [0.3, 0.4) is 0 Å². The van der Waals surface area contributed by atoms with E-state index in [1.165, 1.54) is 41.3 Å². The molecule has 0 spiro atoms. The lowest BCUT2D eigenvalue weighted by molar-refractivity contribution is -0.138. The van der Waals surface area contributed by atoms with Crippen LogP contribution in [-0.4, -0.2) is 41.0 Å². The fourth-order valence-electron chi connectivity index (χ4n) is 4.64. The van der Waals surface area contributed by atoms with Crippen molar-refractivity contribution in [1.82, 2.24) is 10.2 Å². The molecule has 0 aromatic heterocycles. The first-order chi connectivity index (χ1) is 18.4. The van der Waals surface area contributed by atoms with Crippen LogP contribution in [0.25, 0.3) is 11.1 Å². The number of hydrogen-bond donors (Lipinski definition) is 2. The van der Waals surface area contributed by atoms with E-state index >= 15 is 0 Å². The Balaban J connectivity index is 1.71. The zero-order valence-electron chi connectivity index (χ0n) is 20.4. The first kappa shape index (κ1) is 28.2. The summed E-state index contributed by atoms with van der Waals surface area (Å²) < 4.78 is 79.3. The number of nitrogens with zero attached hydrogens (tertiary/aromatic N) is 1. The summed E-state index contributed by atoms with van der Waals surface area (Å²) in [6.45, 7) is -0.0801. The van der Waals surface area contributed by atoms with Gasteiger partial charge in [-0.25, -0.2) is 0 Å². The van der Waals surface area contributed by atoms with E-state index in [2.05, 4.69) is 5.32 Å². The number of rotatable bonds is 6. The van der Waals surface area contributed by atoms with E-state index in [0.29, 0.717) is 18.4 Å². The number of nitrogens with one attached hydrogen (secondary N) is 1. The van der Waals surface area contributed by atoms with Crippen LogP contribution in [0.4, 0.5) is 26.3 Å². The van der Waals surface area contributed by atoms with E-state index in [-0.39, 0.29) is 29.8 Å². The number of benzene rings is 3. The van der Waals surface area contributed by atoms with E-state index in [0.717, 1.165) is 30.3 Å². The predicted molar refractivity (Wildman–Crippen MR) is 130 cm³/mol. The molecule has 39 heavy (non-hydrogen) atoms. The Bertz CT molecular complexity index is 1340. The third-order valence-electron chi connectivity index (χ3n) is 6.64. The minimum Gasteiger partial charge on any atom is -0.394 e. The third kappa shape index (κ3) is 6.25. The summed E-state index contributed by atoms with van der Waals surface area (Å²) >= 11 is 0. The number of halogens is 6. The topological polar surface area (TPSA) is 69.6 Å². The molecule has 0 radical (unpaired) electrons. The highest BCUT2D eigenvalue weighted by atomic mass is 19.4. The second kappa shape index (κ2) is 11.1. The SMILES string of the molecule is O=C(NC(C(=O)N1CCC[C@@H]1CO)c1cccc(C(F)(F)F)c1)c1ccccc1-c1ccc(C(F)(F)F)cc1. The van der Waals surface area contributed by atoms with Gasteiger partial charge in [-0.3, -0.25) is 9.59 Å². The molecule has 1 fully saturated rings. The Labute approximate surface area is 220 Å². The van der Waals surface area contributed by atoms with Crippen LogP contribution in [-0.2, 0) is 17.1 Å². The van der Waals surface area contributed by atoms with E-state index in [4.69, 9.17) is 0 Å². The molecular weight excluding hydrogens is 526 g/mol. The number of likely N-dealkylation sites (tertiary alicyclic amines) is 1. The number of amides is 2. The van der Waals surface area contributed by atoms with Crippen LogP contribution in [0.15, 0.2) is 72.8 Å². The highest BCUT2D eigenvalue weighted by molar-refractivity contribution is 6.03. The Kier molecular flexibility index (Phi) is 8.01.